The molecule has 0 aliphatic carbocycles. The second kappa shape index (κ2) is 7.47. The van der Waals surface area contributed by atoms with Gasteiger partial charge in [-0.1, -0.05) is 18.2 Å². The Bertz CT molecular complexity index is 881. The molecule has 6 nitrogen and oxygen atoms in total. The molecule has 0 atom stereocenters. The van der Waals surface area contributed by atoms with Gasteiger partial charge < -0.3 is 14.8 Å². The Hall–Kier alpha value is -2.38. The monoisotopic (exact) mass is 369 g/mol. The van der Waals surface area contributed by atoms with Crippen LogP contribution >= 0.6 is 11.3 Å². The van der Waals surface area contributed by atoms with Crippen molar-refractivity contribution in [2.75, 3.05) is 37.6 Å². The van der Waals surface area contributed by atoms with Crippen LogP contribution in [0, 0.1) is 0 Å². The van der Waals surface area contributed by atoms with Gasteiger partial charge in [0.1, 0.15) is 0 Å². The van der Waals surface area contributed by atoms with Crippen molar-refractivity contribution in [1.29, 1.82) is 0 Å². The van der Waals surface area contributed by atoms with Gasteiger partial charge in [-0.3, -0.25) is 9.69 Å². The molecule has 0 unspecified atom stereocenters. The number of hydrogen-bond donors (Lipinski definition) is 1. The molecule has 1 aliphatic rings. The fourth-order valence-corrected chi connectivity index (χ4v) is 4.02. The van der Waals surface area contributed by atoms with Gasteiger partial charge in [-0.05, 0) is 23.6 Å². The molecule has 0 saturated carbocycles. The lowest BCUT2D eigenvalue weighted by Gasteiger charge is -2.34. The summed E-state index contributed by atoms with van der Waals surface area (Å²) in [5, 5.41) is 5.03. The first-order chi connectivity index (χ1) is 12.7. The Morgan fingerprint density at radius 1 is 1.15 bits per heavy atom. The van der Waals surface area contributed by atoms with Gasteiger partial charge in [0.25, 0.3) is 0 Å². The van der Waals surface area contributed by atoms with Crippen LogP contribution in [0.25, 0.3) is 11.0 Å². The average Bonchev–Trinajstić information content (AvgIpc) is 3.29. The highest BCUT2D eigenvalue weighted by atomic mass is 32.1. The van der Waals surface area contributed by atoms with Crippen LogP contribution in [0.5, 0.6) is 0 Å². The zero-order valence-electron chi connectivity index (χ0n) is 14.9. The number of nitrogens with zero attached hydrogens (tertiary/aromatic N) is 4. The van der Waals surface area contributed by atoms with E-state index in [-0.39, 0.29) is 5.91 Å². The van der Waals surface area contributed by atoms with E-state index in [1.807, 2.05) is 35.7 Å². The molecule has 1 N–H and O–H groups in total. The van der Waals surface area contributed by atoms with Crippen molar-refractivity contribution >= 4 is 34.2 Å². The van der Waals surface area contributed by atoms with E-state index in [1.165, 1.54) is 4.88 Å². The van der Waals surface area contributed by atoms with Crippen molar-refractivity contribution in [3.05, 3.63) is 46.7 Å². The van der Waals surface area contributed by atoms with E-state index in [2.05, 4.69) is 32.8 Å². The molecule has 3 aromatic rings. The molecule has 0 radical (unpaired) electrons. The molecule has 1 saturated heterocycles. The summed E-state index contributed by atoms with van der Waals surface area (Å²) in [6.45, 7) is 4.59. The van der Waals surface area contributed by atoms with Crippen molar-refractivity contribution in [2.24, 2.45) is 7.05 Å². The number of thiophene rings is 1. The van der Waals surface area contributed by atoms with Crippen molar-refractivity contribution < 1.29 is 4.79 Å². The molecule has 0 spiro atoms. The number of carbonyl (C=O) groups excluding carboxylic acids is 1. The Labute approximate surface area is 157 Å². The van der Waals surface area contributed by atoms with Gasteiger partial charge in [-0.15, -0.1) is 11.3 Å². The van der Waals surface area contributed by atoms with E-state index < -0.39 is 0 Å². The number of para-hydroxylation sites is 2. The highest BCUT2D eigenvalue weighted by Gasteiger charge is 2.22. The topological polar surface area (TPSA) is 53.4 Å². The summed E-state index contributed by atoms with van der Waals surface area (Å²) >= 11 is 1.67. The molecule has 136 valence electrons. The smallest absolute Gasteiger partial charge is 0.234 e. The maximum absolute atomic E-state index is 12.2. The number of imidazole rings is 1. The third-order valence-electron chi connectivity index (χ3n) is 4.83. The number of piperazine rings is 1. The van der Waals surface area contributed by atoms with Crippen LogP contribution in [0.3, 0.4) is 0 Å². The Kier molecular flexibility index (Phi) is 4.90. The number of nitrogens with one attached hydrogen (secondary N) is 1. The summed E-state index contributed by atoms with van der Waals surface area (Å²) in [4.78, 5) is 22.6. The third-order valence-corrected chi connectivity index (χ3v) is 5.70. The van der Waals surface area contributed by atoms with Gasteiger partial charge in [0.05, 0.1) is 24.1 Å². The van der Waals surface area contributed by atoms with Crippen LogP contribution in [0.2, 0.25) is 0 Å². The van der Waals surface area contributed by atoms with Gasteiger partial charge in [-0.2, -0.15) is 0 Å². The van der Waals surface area contributed by atoms with Crippen molar-refractivity contribution in [3.8, 4) is 0 Å². The van der Waals surface area contributed by atoms with E-state index >= 15 is 0 Å². The zero-order valence-corrected chi connectivity index (χ0v) is 15.7. The van der Waals surface area contributed by atoms with E-state index in [9.17, 15) is 4.79 Å². The van der Waals surface area contributed by atoms with Crippen molar-refractivity contribution in [1.82, 2.24) is 19.8 Å². The number of benzene rings is 1. The Morgan fingerprint density at radius 2 is 1.96 bits per heavy atom. The molecule has 1 aliphatic heterocycles. The van der Waals surface area contributed by atoms with E-state index in [0.717, 1.165) is 43.2 Å². The lowest BCUT2D eigenvalue weighted by atomic mass is 10.3. The number of carbonyl (C=O) groups is 1. The zero-order chi connectivity index (χ0) is 17.9. The summed E-state index contributed by atoms with van der Waals surface area (Å²) < 4.78 is 2.15. The Morgan fingerprint density at radius 3 is 2.69 bits per heavy atom. The molecule has 26 heavy (non-hydrogen) atoms. The molecular formula is C19H23N5OS. The Balaban J connectivity index is 1.30. The minimum absolute atomic E-state index is 0.0922. The van der Waals surface area contributed by atoms with Crippen LogP contribution in [0.1, 0.15) is 4.88 Å². The van der Waals surface area contributed by atoms with E-state index in [0.29, 0.717) is 13.1 Å². The summed E-state index contributed by atoms with van der Waals surface area (Å²) in [6.07, 6.45) is 0. The number of aromatic nitrogens is 2. The van der Waals surface area contributed by atoms with Gasteiger partial charge in [0, 0.05) is 38.1 Å². The first-order valence-corrected chi connectivity index (χ1v) is 9.76. The summed E-state index contributed by atoms with van der Waals surface area (Å²) in [6, 6.07) is 12.3. The molecule has 4 rings (SSSR count). The molecule has 1 amide bonds. The third kappa shape index (κ3) is 3.59. The second-order valence-electron chi connectivity index (χ2n) is 6.58. The highest BCUT2D eigenvalue weighted by Crippen LogP contribution is 2.21. The highest BCUT2D eigenvalue weighted by molar-refractivity contribution is 7.09. The maximum atomic E-state index is 12.2. The van der Waals surface area contributed by atoms with Crippen molar-refractivity contribution in [3.63, 3.8) is 0 Å². The standard InChI is InChI=1S/C19H23N5OS/c1-22-17-7-3-2-6-16(17)21-19(22)24-10-8-23(9-11-24)14-18(25)20-13-15-5-4-12-26-15/h2-7,12H,8-11,13-14H2,1H3,(H,20,25). The predicted molar refractivity (Wildman–Crippen MR) is 106 cm³/mol. The number of rotatable bonds is 5. The molecule has 7 heteroatoms. The average molecular weight is 369 g/mol. The quantitative estimate of drug-likeness (QED) is 0.748. The number of amides is 1. The fourth-order valence-electron chi connectivity index (χ4n) is 3.38. The molecule has 1 fully saturated rings. The van der Waals surface area contributed by atoms with Gasteiger partial charge >= 0.3 is 0 Å². The lowest BCUT2D eigenvalue weighted by molar-refractivity contribution is -0.122. The molecule has 3 heterocycles. The molecule has 0 bridgehead atoms. The number of hydrogen-bond acceptors (Lipinski definition) is 5. The van der Waals surface area contributed by atoms with Gasteiger partial charge in [-0.25, -0.2) is 4.98 Å². The number of aryl methyl sites for hydroxylation is 1. The van der Waals surface area contributed by atoms with Crippen LogP contribution in [0.15, 0.2) is 41.8 Å². The van der Waals surface area contributed by atoms with Crippen LogP contribution < -0.4 is 10.2 Å². The maximum Gasteiger partial charge on any atom is 0.234 e. The van der Waals surface area contributed by atoms with Crippen LogP contribution in [0.4, 0.5) is 5.95 Å². The second-order valence-corrected chi connectivity index (χ2v) is 7.61. The molecule has 2 aromatic heterocycles. The fraction of sp³-hybridized carbons (Fsp3) is 0.368. The first-order valence-electron chi connectivity index (χ1n) is 8.88. The predicted octanol–water partition coefficient (Wildman–Crippen LogP) is 2.07. The SMILES string of the molecule is Cn1c(N2CCN(CC(=O)NCc3cccs3)CC2)nc2ccccc21. The lowest BCUT2D eigenvalue weighted by Crippen LogP contribution is -2.50. The first kappa shape index (κ1) is 17.1. The largest absolute Gasteiger partial charge is 0.350 e. The van der Waals surface area contributed by atoms with Crippen LogP contribution in [-0.2, 0) is 18.4 Å². The minimum Gasteiger partial charge on any atom is -0.350 e. The molecular weight excluding hydrogens is 346 g/mol. The minimum atomic E-state index is 0.0922. The summed E-state index contributed by atoms with van der Waals surface area (Å²) in [7, 11) is 2.06. The van der Waals surface area contributed by atoms with E-state index in [4.69, 9.17) is 4.98 Å². The van der Waals surface area contributed by atoms with E-state index in [1.54, 1.807) is 11.3 Å². The van der Waals surface area contributed by atoms with Crippen molar-refractivity contribution in [2.45, 2.75) is 6.54 Å². The number of anilines is 1. The van der Waals surface area contributed by atoms with Gasteiger partial charge in [0.2, 0.25) is 11.9 Å². The van der Waals surface area contributed by atoms with Crippen LogP contribution in [-0.4, -0.2) is 53.1 Å². The van der Waals surface area contributed by atoms with Gasteiger partial charge in [0.15, 0.2) is 0 Å². The molecule has 1 aromatic carbocycles. The summed E-state index contributed by atoms with van der Waals surface area (Å²) in [5.74, 6) is 1.10. The number of fused-ring (bicyclic) bond motifs is 1. The normalized spacial score (nSPS) is 15.5. The summed E-state index contributed by atoms with van der Waals surface area (Å²) in [5.41, 5.74) is 2.18.